The minimum absolute atomic E-state index is 0.154. The zero-order valence-corrected chi connectivity index (χ0v) is 14.3. The molecule has 3 aliphatic carbocycles. The van der Waals surface area contributed by atoms with Crippen molar-refractivity contribution in [2.24, 2.45) is 23.7 Å². The van der Waals surface area contributed by atoms with E-state index in [4.69, 9.17) is 11.6 Å². The van der Waals surface area contributed by atoms with E-state index in [2.05, 4.69) is 9.55 Å². The molecule has 0 aliphatic heterocycles. The van der Waals surface area contributed by atoms with Crippen LogP contribution in [0.25, 0.3) is 11.0 Å². The Balaban J connectivity index is 1.67. The molecule has 1 aromatic heterocycles. The summed E-state index contributed by atoms with van der Waals surface area (Å²) in [6, 6.07) is 4.01. The number of rotatable bonds is 2. The fourth-order valence-electron chi connectivity index (χ4n) is 5.19. The van der Waals surface area contributed by atoms with Gasteiger partial charge in [-0.15, -0.1) is 11.6 Å². The first-order valence-electron chi connectivity index (χ1n) is 7.61. The number of imidazole rings is 1. The maximum atomic E-state index is 14.0. The molecule has 2 bridgehead atoms. The quantitative estimate of drug-likeness (QED) is 0.511. The maximum absolute atomic E-state index is 14.0. The van der Waals surface area contributed by atoms with E-state index in [-0.39, 0.29) is 5.82 Å². The van der Waals surface area contributed by atoms with E-state index in [0.29, 0.717) is 15.5 Å². The third-order valence-corrected chi connectivity index (χ3v) is 6.98. The molecule has 3 fully saturated rings. The van der Waals surface area contributed by atoms with Crippen LogP contribution in [0.1, 0.15) is 31.1 Å². The second-order valence-corrected chi connectivity index (χ2v) is 8.19. The van der Waals surface area contributed by atoms with Crippen LogP contribution < -0.4 is 0 Å². The van der Waals surface area contributed by atoms with Crippen LogP contribution in [0.4, 0.5) is 4.39 Å². The molecule has 3 aliphatic rings. The van der Waals surface area contributed by atoms with E-state index in [1.54, 1.807) is 6.07 Å². The highest BCUT2D eigenvalue weighted by Crippen LogP contribution is 2.72. The first kappa shape index (κ1) is 13.1. The molecule has 21 heavy (non-hydrogen) atoms. The topological polar surface area (TPSA) is 17.8 Å². The van der Waals surface area contributed by atoms with E-state index >= 15 is 0 Å². The lowest BCUT2D eigenvalue weighted by Crippen LogP contribution is -2.08. The number of halogens is 3. The molecule has 2 aromatic rings. The van der Waals surface area contributed by atoms with Crippen LogP contribution >= 0.6 is 34.2 Å². The van der Waals surface area contributed by atoms with Crippen molar-refractivity contribution >= 4 is 45.2 Å². The molecule has 0 amide bonds. The van der Waals surface area contributed by atoms with Crippen molar-refractivity contribution in [1.29, 1.82) is 0 Å². The minimum atomic E-state index is -0.154. The Hall–Kier alpha value is -0.360. The Morgan fingerprint density at radius 2 is 2.00 bits per heavy atom. The zero-order chi connectivity index (χ0) is 14.3. The monoisotopic (exact) mass is 416 g/mol. The molecular formula is C16H15ClFIN2. The molecule has 4 atom stereocenters. The first-order valence-corrected chi connectivity index (χ1v) is 9.22. The summed E-state index contributed by atoms with van der Waals surface area (Å²) >= 11 is 8.15. The fourth-order valence-corrected chi connectivity index (χ4v) is 5.83. The lowest BCUT2D eigenvalue weighted by molar-refractivity contribution is 0.454. The molecule has 1 heterocycles. The van der Waals surface area contributed by atoms with Gasteiger partial charge in [0.05, 0.1) is 20.5 Å². The van der Waals surface area contributed by atoms with Gasteiger partial charge in [-0.3, -0.25) is 0 Å². The zero-order valence-electron chi connectivity index (χ0n) is 11.4. The number of fused-ring (bicyclic) bond motifs is 6. The van der Waals surface area contributed by atoms with Gasteiger partial charge in [0.15, 0.2) is 0 Å². The van der Waals surface area contributed by atoms with Crippen molar-refractivity contribution in [3.8, 4) is 0 Å². The molecule has 2 nitrogen and oxygen atoms in total. The minimum Gasteiger partial charge on any atom is -0.323 e. The predicted octanol–water partition coefficient (Wildman–Crippen LogP) is 4.74. The number of aromatic nitrogens is 2. The summed E-state index contributed by atoms with van der Waals surface area (Å²) in [6.45, 7) is 0. The van der Waals surface area contributed by atoms with Gasteiger partial charge in [-0.2, -0.15) is 0 Å². The number of alkyl halides is 1. The average Bonchev–Trinajstić information content (AvgIpc) is 2.82. The molecular weight excluding hydrogens is 402 g/mol. The highest BCUT2D eigenvalue weighted by atomic mass is 127. The highest BCUT2D eigenvalue weighted by molar-refractivity contribution is 14.1. The van der Waals surface area contributed by atoms with E-state index in [9.17, 15) is 4.39 Å². The SMILES string of the molecule is Fc1cc2c(cc1I)nc(CCl)n2C1C2C3CCC(C3)C21. The Morgan fingerprint density at radius 1 is 1.29 bits per heavy atom. The van der Waals surface area contributed by atoms with Crippen LogP contribution in [0, 0.1) is 33.1 Å². The third kappa shape index (κ3) is 1.66. The molecule has 1 aromatic carbocycles. The Morgan fingerprint density at radius 3 is 2.67 bits per heavy atom. The summed E-state index contributed by atoms with van der Waals surface area (Å²) < 4.78 is 16.9. The molecule has 5 rings (SSSR count). The van der Waals surface area contributed by atoms with E-state index in [1.165, 1.54) is 19.3 Å². The summed E-state index contributed by atoms with van der Waals surface area (Å²) in [4.78, 5) is 4.65. The predicted molar refractivity (Wildman–Crippen MR) is 88.8 cm³/mol. The van der Waals surface area contributed by atoms with Gasteiger partial charge in [0.25, 0.3) is 0 Å². The van der Waals surface area contributed by atoms with Gasteiger partial charge in [0.2, 0.25) is 0 Å². The number of nitrogens with zero attached hydrogens (tertiary/aromatic N) is 2. The van der Waals surface area contributed by atoms with Crippen molar-refractivity contribution in [2.45, 2.75) is 31.2 Å². The van der Waals surface area contributed by atoms with Crippen molar-refractivity contribution in [1.82, 2.24) is 9.55 Å². The van der Waals surface area contributed by atoms with Crippen molar-refractivity contribution in [3.63, 3.8) is 0 Å². The van der Waals surface area contributed by atoms with Gasteiger partial charge in [0, 0.05) is 12.1 Å². The summed E-state index contributed by atoms with van der Waals surface area (Å²) in [6.07, 6.45) is 4.19. The molecule has 4 unspecified atom stereocenters. The number of benzene rings is 1. The standard InChI is InChI=1S/C16H15ClFIN2/c17-6-13-20-11-5-10(19)9(18)4-12(11)21(13)16-14-7-1-2-8(3-7)15(14)16/h4-5,7-8,14-16H,1-3,6H2. The Bertz CT molecular complexity index is 742. The van der Waals surface area contributed by atoms with E-state index in [1.807, 2.05) is 28.7 Å². The van der Waals surface area contributed by atoms with Crippen LogP contribution in [-0.4, -0.2) is 9.55 Å². The van der Waals surface area contributed by atoms with Gasteiger partial charge in [0.1, 0.15) is 11.6 Å². The van der Waals surface area contributed by atoms with Crippen LogP contribution in [0.2, 0.25) is 0 Å². The molecule has 0 radical (unpaired) electrons. The Kier molecular flexibility index (Phi) is 2.71. The first-order chi connectivity index (χ1) is 10.2. The second-order valence-electron chi connectivity index (χ2n) is 6.77. The summed E-state index contributed by atoms with van der Waals surface area (Å²) in [5.41, 5.74) is 1.82. The van der Waals surface area contributed by atoms with Crippen molar-refractivity contribution in [3.05, 3.63) is 27.3 Å². The van der Waals surface area contributed by atoms with Gasteiger partial charge in [-0.25, -0.2) is 9.37 Å². The van der Waals surface area contributed by atoms with E-state index < -0.39 is 0 Å². The average molecular weight is 417 g/mol. The molecule has 0 N–H and O–H groups in total. The van der Waals surface area contributed by atoms with E-state index in [0.717, 1.165) is 40.5 Å². The fraction of sp³-hybridized carbons (Fsp3) is 0.562. The largest absolute Gasteiger partial charge is 0.323 e. The second kappa shape index (κ2) is 4.34. The molecule has 5 heteroatoms. The highest BCUT2D eigenvalue weighted by Gasteiger charge is 2.66. The van der Waals surface area contributed by atoms with Gasteiger partial charge in [-0.05, 0) is 71.6 Å². The molecule has 110 valence electrons. The van der Waals surface area contributed by atoms with Gasteiger partial charge < -0.3 is 4.57 Å². The van der Waals surface area contributed by atoms with Crippen LogP contribution in [-0.2, 0) is 5.88 Å². The summed E-state index contributed by atoms with van der Waals surface area (Å²) in [5, 5.41) is 0. The molecule has 0 saturated heterocycles. The van der Waals surface area contributed by atoms with Gasteiger partial charge in [-0.1, -0.05) is 0 Å². The van der Waals surface area contributed by atoms with Crippen LogP contribution in [0.5, 0.6) is 0 Å². The van der Waals surface area contributed by atoms with Crippen molar-refractivity contribution < 1.29 is 4.39 Å². The van der Waals surface area contributed by atoms with Crippen LogP contribution in [0.3, 0.4) is 0 Å². The normalized spacial score (nSPS) is 36.4. The molecule has 0 spiro atoms. The maximum Gasteiger partial charge on any atom is 0.138 e. The summed E-state index contributed by atoms with van der Waals surface area (Å²) in [5.74, 6) is 4.53. The van der Waals surface area contributed by atoms with Crippen molar-refractivity contribution in [2.75, 3.05) is 0 Å². The number of hydrogen-bond donors (Lipinski definition) is 0. The smallest absolute Gasteiger partial charge is 0.138 e. The Labute approximate surface area is 141 Å². The number of hydrogen-bond acceptors (Lipinski definition) is 1. The summed E-state index contributed by atoms with van der Waals surface area (Å²) in [7, 11) is 0. The van der Waals surface area contributed by atoms with Crippen LogP contribution in [0.15, 0.2) is 12.1 Å². The lowest BCUT2D eigenvalue weighted by atomic mass is 10.0. The third-order valence-electron chi connectivity index (χ3n) is 5.92. The molecule has 3 saturated carbocycles. The lowest BCUT2D eigenvalue weighted by Gasteiger charge is -2.13. The van der Waals surface area contributed by atoms with Gasteiger partial charge >= 0.3 is 0 Å².